The number of Topliss-reactive ketones (excluding diaryl/α,β-unsaturated/α-hetero) is 1. The van der Waals surface area contributed by atoms with Crippen LogP contribution in [-0.2, 0) is 14.3 Å². The maximum absolute atomic E-state index is 17.4. The molecule has 0 heterocycles. The normalized spacial score (nSPS) is 43.2. The number of aliphatic hydroxyl groups excluding tert-OH is 2. The van der Waals surface area contributed by atoms with Crippen LogP contribution < -0.4 is 0 Å². The van der Waals surface area contributed by atoms with E-state index in [-0.39, 0.29) is 23.7 Å². The van der Waals surface area contributed by atoms with Crippen molar-refractivity contribution in [3.63, 3.8) is 0 Å². The molecule has 4 aliphatic carbocycles. The average Bonchev–Trinajstić information content (AvgIpc) is 3.07. The zero-order valence-corrected chi connectivity index (χ0v) is 20.9. The summed E-state index contributed by atoms with van der Waals surface area (Å²) in [6.45, 7) is 4.51. The Balaban J connectivity index is 1.61. The lowest BCUT2D eigenvalue weighted by atomic mass is 9.44. The number of rotatable bonds is 4. The number of ether oxygens (including phenoxy) is 1. The summed E-state index contributed by atoms with van der Waals surface area (Å²) >= 11 is 0. The van der Waals surface area contributed by atoms with Crippen molar-refractivity contribution in [3.8, 4) is 0 Å². The molecule has 4 aliphatic rings. The molecule has 2 N–H and O–H groups in total. The molecule has 36 heavy (non-hydrogen) atoms. The first-order valence-corrected chi connectivity index (χ1v) is 12.7. The second kappa shape index (κ2) is 8.18. The number of carbonyl (C=O) groups is 3. The summed E-state index contributed by atoms with van der Waals surface area (Å²) in [5.74, 6) is -3.01. The molecule has 8 atom stereocenters. The summed E-state index contributed by atoms with van der Waals surface area (Å²) in [7, 11) is 0. The Morgan fingerprint density at radius 3 is 2.53 bits per heavy atom. The highest BCUT2D eigenvalue weighted by atomic mass is 19.1. The fraction of sp³-hybridized carbons (Fsp3) is 0.552. The third-order valence-electron chi connectivity index (χ3n) is 10.0. The van der Waals surface area contributed by atoms with Crippen LogP contribution in [0, 0.1) is 28.6 Å². The Kier molecular flexibility index (Phi) is 5.69. The van der Waals surface area contributed by atoms with Crippen molar-refractivity contribution < 1.29 is 33.7 Å². The van der Waals surface area contributed by atoms with Gasteiger partial charge in [-0.2, -0.15) is 0 Å². The van der Waals surface area contributed by atoms with E-state index in [9.17, 15) is 24.6 Å². The molecule has 5 rings (SSSR count). The highest BCUT2D eigenvalue weighted by Gasteiger charge is 2.77. The molecule has 0 saturated heterocycles. The molecule has 0 amide bonds. The fourth-order valence-corrected chi connectivity index (χ4v) is 8.30. The predicted molar refractivity (Wildman–Crippen MR) is 130 cm³/mol. The summed E-state index contributed by atoms with van der Waals surface area (Å²) < 4.78 is 23.4. The highest BCUT2D eigenvalue weighted by molar-refractivity contribution is 6.01. The number of hydrogen-bond donors (Lipinski definition) is 2. The number of hydrogen-bond acceptors (Lipinski definition) is 6. The van der Waals surface area contributed by atoms with Crippen molar-refractivity contribution >= 4 is 17.5 Å². The minimum Gasteiger partial charge on any atom is -0.446 e. The lowest BCUT2D eigenvalue weighted by Gasteiger charge is -2.62. The molecular formula is C29H33FO6. The molecule has 0 radical (unpaired) electrons. The summed E-state index contributed by atoms with van der Waals surface area (Å²) in [6.07, 6.45) is 4.16. The lowest BCUT2D eigenvalue weighted by Crippen LogP contribution is -2.70. The Morgan fingerprint density at radius 1 is 1.17 bits per heavy atom. The van der Waals surface area contributed by atoms with Crippen LogP contribution in [0.4, 0.5) is 4.39 Å². The Hall–Kier alpha value is -2.64. The van der Waals surface area contributed by atoms with Gasteiger partial charge >= 0.3 is 5.97 Å². The SMILES string of the molecule is C[C@H]1C[C@@H]2[C@H]3CCC4=CC(=O)C=C[C@]4(C)[C@]3(F)[C@@H](O)C[C@@]2(C)[C@]1(OC(=O)c1ccccc1)C(=O)CO. The minimum absolute atomic E-state index is 0.118. The topological polar surface area (TPSA) is 101 Å². The van der Waals surface area contributed by atoms with Gasteiger partial charge in [-0.05, 0) is 62.8 Å². The van der Waals surface area contributed by atoms with Crippen LogP contribution >= 0.6 is 0 Å². The molecule has 3 fully saturated rings. The molecule has 0 spiro atoms. The summed E-state index contributed by atoms with van der Waals surface area (Å²) in [4.78, 5) is 38.8. The van der Waals surface area contributed by atoms with E-state index in [2.05, 4.69) is 0 Å². The van der Waals surface area contributed by atoms with Crippen molar-refractivity contribution in [3.05, 3.63) is 59.7 Å². The van der Waals surface area contributed by atoms with E-state index in [4.69, 9.17) is 4.74 Å². The second-order valence-electron chi connectivity index (χ2n) is 11.5. The third-order valence-corrected chi connectivity index (χ3v) is 10.0. The Morgan fingerprint density at radius 2 is 1.86 bits per heavy atom. The molecule has 0 aliphatic heterocycles. The lowest BCUT2D eigenvalue weighted by molar-refractivity contribution is -0.219. The zero-order valence-electron chi connectivity index (χ0n) is 20.9. The van der Waals surface area contributed by atoms with Gasteiger partial charge in [-0.15, -0.1) is 0 Å². The molecule has 0 aromatic heterocycles. The number of fused-ring (bicyclic) bond motifs is 5. The maximum Gasteiger partial charge on any atom is 0.339 e. The van der Waals surface area contributed by atoms with Crippen LogP contribution in [0.15, 0.2) is 54.1 Å². The van der Waals surface area contributed by atoms with E-state index in [1.807, 2.05) is 0 Å². The van der Waals surface area contributed by atoms with Crippen LogP contribution in [-0.4, -0.2) is 51.7 Å². The largest absolute Gasteiger partial charge is 0.446 e. The van der Waals surface area contributed by atoms with Gasteiger partial charge in [0.1, 0.15) is 6.61 Å². The van der Waals surface area contributed by atoms with Gasteiger partial charge in [0, 0.05) is 22.7 Å². The smallest absolute Gasteiger partial charge is 0.339 e. The Labute approximate surface area is 210 Å². The van der Waals surface area contributed by atoms with Gasteiger partial charge in [-0.25, -0.2) is 9.18 Å². The van der Waals surface area contributed by atoms with E-state index in [1.165, 1.54) is 12.2 Å². The number of halogens is 1. The number of aliphatic hydroxyl groups is 2. The number of benzene rings is 1. The highest BCUT2D eigenvalue weighted by Crippen LogP contribution is 2.71. The molecule has 3 saturated carbocycles. The average molecular weight is 497 g/mol. The van der Waals surface area contributed by atoms with Crippen molar-refractivity contribution in [1.29, 1.82) is 0 Å². The standard InChI is InChI=1S/C29H33FO6/c1-17-13-22-21-10-9-19-14-20(32)11-12-26(19,2)28(21,30)23(33)15-27(22,3)29(17,24(34)16-31)36-25(35)18-7-5-4-6-8-18/h4-8,11-12,14,17,21-23,31,33H,9-10,13,15-16H2,1-3H3/t17-,21+,22+,23-,26-,27+,28+,29+/m0/s1. The van der Waals surface area contributed by atoms with E-state index in [0.29, 0.717) is 24.8 Å². The molecule has 0 bridgehead atoms. The molecule has 192 valence electrons. The summed E-state index contributed by atoms with van der Waals surface area (Å²) in [5.41, 5.74) is -5.06. The minimum atomic E-state index is -2.06. The van der Waals surface area contributed by atoms with Gasteiger partial charge in [0.15, 0.2) is 17.1 Å². The monoisotopic (exact) mass is 496 g/mol. The first kappa shape index (κ1) is 25.0. The molecule has 7 heteroatoms. The fourth-order valence-electron chi connectivity index (χ4n) is 8.30. The van der Waals surface area contributed by atoms with Crippen LogP contribution in [0.5, 0.6) is 0 Å². The quantitative estimate of drug-likeness (QED) is 0.616. The van der Waals surface area contributed by atoms with E-state index in [0.717, 1.165) is 0 Å². The number of carbonyl (C=O) groups excluding carboxylic acids is 3. The van der Waals surface area contributed by atoms with Gasteiger partial charge in [-0.3, -0.25) is 9.59 Å². The summed E-state index contributed by atoms with van der Waals surface area (Å²) in [5, 5.41) is 21.5. The molecular weight excluding hydrogens is 463 g/mol. The maximum atomic E-state index is 17.4. The first-order valence-electron chi connectivity index (χ1n) is 12.7. The van der Waals surface area contributed by atoms with Gasteiger partial charge in [0.05, 0.1) is 11.7 Å². The van der Waals surface area contributed by atoms with Crippen molar-refractivity contribution in [2.24, 2.45) is 28.6 Å². The van der Waals surface area contributed by atoms with Crippen molar-refractivity contribution in [1.82, 2.24) is 0 Å². The third kappa shape index (κ3) is 2.99. The van der Waals surface area contributed by atoms with Crippen LogP contribution in [0.25, 0.3) is 0 Å². The van der Waals surface area contributed by atoms with Gasteiger partial charge in [0.25, 0.3) is 0 Å². The molecule has 6 nitrogen and oxygen atoms in total. The zero-order chi connectivity index (χ0) is 26.1. The number of esters is 1. The predicted octanol–water partition coefficient (Wildman–Crippen LogP) is 3.76. The number of allylic oxidation sites excluding steroid dienone is 4. The summed E-state index contributed by atoms with van der Waals surface area (Å²) in [6, 6.07) is 8.33. The van der Waals surface area contributed by atoms with Crippen LogP contribution in [0.1, 0.15) is 56.8 Å². The van der Waals surface area contributed by atoms with Gasteiger partial charge in [0.2, 0.25) is 5.78 Å². The van der Waals surface area contributed by atoms with Gasteiger partial charge < -0.3 is 14.9 Å². The Bertz CT molecular complexity index is 1180. The number of ketones is 2. The first-order chi connectivity index (χ1) is 17.0. The molecule has 0 unspecified atom stereocenters. The van der Waals surface area contributed by atoms with Gasteiger partial charge in [-0.1, -0.05) is 43.7 Å². The van der Waals surface area contributed by atoms with Crippen molar-refractivity contribution in [2.75, 3.05) is 6.61 Å². The van der Waals surface area contributed by atoms with Crippen molar-refractivity contribution in [2.45, 2.75) is 63.8 Å². The molecule has 1 aromatic carbocycles. The number of alkyl halides is 1. The second-order valence-corrected chi connectivity index (χ2v) is 11.5. The molecule has 1 aromatic rings. The van der Waals surface area contributed by atoms with Crippen LogP contribution in [0.3, 0.4) is 0 Å². The van der Waals surface area contributed by atoms with E-state index < -0.39 is 58.4 Å². The van der Waals surface area contributed by atoms with E-state index >= 15 is 4.39 Å². The van der Waals surface area contributed by atoms with Crippen LogP contribution in [0.2, 0.25) is 0 Å². The van der Waals surface area contributed by atoms with E-state index in [1.54, 1.807) is 57.2 Å².